The molecular weight excluding hydrogens is 320 g/mol. The van der Waals surface area contributed by atoms with Gasteiger partial charge in [0.25, 0.3) is 0 Å². The number of nitrogens with zero attached hydrogens (tertiary/aromatic N) is 1. The zero-order chi connectivity index (χ0) is 16.5. The zero-order valence-corrected chi connectivity index (χ0v) is 15.3. The van der Waals surface area contributed by atoms with E-state index in [1.54, 1.807) is 4.31 Å². The van der Waals surface area contributed by atoms with Crippen LogP contribution < -0.4 is 5.32 Å². The van der Waals surface area contributed by atoms with E-state index in [4.69, 9.17) is 11.6 Å². The average molecular weight is 345 g/mol. The maximum absolute atomic E-state index is 11.5. The molecule has 0 spiro atoms. The quantitative estimate of drug-likeness (QED) is 0.893. The molecule has 6 heteroatoms. The Labute approximate surface area is 138 Å². The van der Waals surface area contributed by atoms with Crippen LogP contribution >= 0.6 is 11.6 Å². The van der Waals surface area contributed by atoms with E-state index in [-0.39, 0.29) is 6.04 Å². The van der Waals surface area contributed by atoms with E-state index in [1.165, 1.54) is 17.4 Å². The second-order valence-corrected chi connectivity index (χ2v) is 8.75. The third-order valence-electron chi connectivity index (χ3n) is 4.51. The van der Waals surface area contributed by atoms with Crippen molar-refractivity contribution in [3.05, 3.63) is 33.8 Å². The Morgan fingerprint density at radius 1 is 1.36 bits per heavy atom. The highest BCUT2D eigenvalue weighted by molar-refractivity contribution is 7.88. The molecule has 0 radical (unpaired) electrons. The van der Waals surface area contributed by atoms with Crippen LogP contribution in [0.1, 0.15) is 36.1 Å². The van der Waals surface area contributed by atoms with Crippen LogP contribution in [0.2, 0.25) is 5.02 Å². The van der Waals surface area contributed by atoms with Gasteiger partial charge in [0.2, 0.25) is 10.0 Å². The fourth-order valence-corrected chi connectivity index (χ4v) is 4.15. The molecule has 0 aromatic heterocycles. The average Bonchev–Trinajstić information content (AvgIpc) is 2.89. The van der Waals surface area contributed by atoms with Gasteiger partial charge in [0.05, 0.1) is 6.26 Å². The van der Waals surface area contributed by atoms with E-state index in [9.17, 15) is 8.42 Å². The first kappa shape index (κ1) is 17.7. The molecule has 2 rings (SSSR count). The molecule has 1 heterocycles. The van der Waals surface area contributed by atoms with Gasteiger partial charge in [-0.25, -0.2) is 12.7 Å². The number of benzene rings is 1. The van der Waals surface area contributed by atoms with Crippen LogP contribution in [-0.2, 0) is 10.0 Å². The molecule has 4 nitrogen and oxygen atoms in total. The summed E-state index contributed by atoms with van der Waals surface area (Å²) in [5.41, 5.74) is 3.53. The zero-order valence-electron chi connectivity index (χ0n) is 13.7. The number of nitrogens with one attached hydrogen (secondary N) is 1. The van der Waals surface area contributed by atoms with Gasteiger partial charge in [-0.15, -0.1) is 0 Å². The summed E-state index contributed by atoms with van der Waals surface area (Å²) in [6.45, 7) is 8.28. The van der Waals surface area contributed by atoms with Crippen molar-refractivity contribution in [3.63, 3.8) is 0 Å². The van der Waals surface area contributed by atoms with Crippen molar-refractivity contribution in [2.75, 3.05) is 25.9 Å². The first-order valence-electron chi connectivity index (χ1n) is 7.63. The molecule has 1 aromatic carbocycles. The van der Waals surface area contributed by atoms with Gasteiger partial charge < -0.3 is 5.32 Å². The number of halogens is 1. The highest BCUT2D eigenvalue weighted by Gasteiger charge is 2.28. The van der Waals surface area contributed by atoms with Crippen molar-refractivity contribution < 1.29 is 8.42 Å². The van der Waals surface area contributed by atoms with Crippen LogP contribution in [0, 0.1) is 19.8 Å². The van der Waals surface area contributed by atoms with Gasteiger partial charge in [0.1, 0.15) is 0 Å². The summed E-state index contributed by atoms with van der Waals surface area (Å²) in [4.78, 5) is 0. The Balaban J connectivity index is 1.94. The van der Waals surface area contributed by atoms with Gasteiger partial charge in [0, 0.05) is 24.2 Å². The molecular formula is C16H25ClN2O2S. The number of sulfonamides is 1. The fraction of sp³-hybridized carbons (Fsp3) is 0.625. The predicted octanol–water partition coefficient (Wildman–Crippen LogP) is 2.89. The van der Waals surface area contributed by atoms with Gasteiger partial charge >= 0.3 is 0 Å². The molecule has 0 bridgehead atoms. The van der Waals surface area contributed by atoms with Crippen LogP contribution in [-0.4, -0.2) is 38.6 Å². The van der Waals surface area contributed by atoms with Gasteiger partial charge in [-0.05, 0) is 62.4 Å². The summed E-state index contributed by atoms with van der Waals surface area (Å²) in [6.07, 6.45) is 2.19. The Morgan fingerprint density at radius 3 is 2.59 bits per heavy atom. The highest BCUT2D eigenvalue weighted by Crippen LogP contribution is 2.27. The van der Waals surface area contributed by atoms with Gasteiger partial charge in [-0.2, -0.15) is 0 Å². The van der Waals surface area contributed by atoms with E-state index in [0.717, 1.165) is 23.6 Å². The van der Waals surface area contributed by atoms with Crippen molar-refractivity contribution in [3.8, 4) is 0 Å². The monoisotopic (exact) mass is 344 g/mol. The second-order valence-electron chi connectivity index (χ2n) is 6.36. The summed E-state index contributed by atoms with van der Waals surface area (Å²) >= 11 is 6.35. The summed E-state index contributed by atoms with van der Waals surface area (Å²) in [5.74, 6) is 0.363. The largest absolute Gasteiger partial charge is 0.310 e. The third kappa shape index (κ3) is 4.22. The highest BCUT2D eigenvalue weighted by atomic mass is 35.5. The summed E-state index contributed by atoms with van der Waals surface area (Å²) < 4.78 is 24.6. The smallest absolute Gasteiger partial charge is 0.211 e. The van der Waals surface area contributed by atoms with Crippen molar-refractivity contribution in [2.24, 2.45) is 5.92 Å². The van der Waals surface area contributed by atoms with Crippen LogP contribution in [0.5, 0.6) is 0 Å². The number of rotatable bonds is 5. The molecule has 2 atom stereocenters. The molecule has 1 aliphatic rings. The molecule has 1 aromatic rings. The molecule has 124 valence electrons. The molecule has 1 saturated heterocycles. The number of hydrogen-bond acceptors (Lipinski definition) is 3. The Hall–Kier alpha value is -0.620. The Morgan fingerprint density at radius 2 is 2.00 bits per heavy atom. The van der Waals surface area contributed by atoms with Crippen LogP contribution in [0.25, 0.3) is 0 Å². The minimum atomic E-state index is -3.06. The molecule has 0 aliphatic carbocycles. The molecule has 1 N–H and O–H groups in total. The van der Waals surface area contributed by atoms with Crippen molar-refractivity contribution in [2.45, 2.75) is 33.2 Å². The minimum absolute atomic E-state index is 0.152. The van der Waals surface area contributed by atoms with Crippen LogP contribution in [0.15, 0.2) is 12.1 Å². The van der Waals surface area contributed by atoms with E-state index in [1.807, 2.05) is 6.07 Å². The fourth-order valence-electron chi connectivity index (χ4n) is 2.85. The summed E-state index contributed by atoms with van der Waals surface area (Å²) in [5, 5.41) is 4.28. The van der Waals surface area contributed by atoms with E-state index < -0.39 is 10.0 Å². The Kier molecular flexibility index (Phi) is 5.54. The maximum Gasteiger partial charge on any atom is 0.211 e. The number of hydrogen-bond donors (Lipinski definition) is 1. The van der Waals surface area contributed by atoms with E-state index in [0.29, 0.717) is 19.0 Å². The lowest BCUT2D eigenvalue weighted by molar-refractivity contribution is 0.432. The molecule has 0 unspecified atom stereocenters. The van der Waals surface area contributed by atoms with Crippen molar-refractivity contribution in [1.82, 2.24) is 9.62 Å². The molecule has 1 aliphatic heterocycles. The first-order valence-corrected chi connectivity index (χ1v) is 9.86. The van der Waals surface area contributed by atoms with Gasteiger partial charge in [-0.3, -0.25) is 0 Å². The standard InChI is InChI=1S/C16H25ClN2O2S/c1-11-7-15(16(17)8-12(11)2)13(3)18-9-14-5-6-19(10-14)22(4,20)21/h7-8,13-14,18H,5-6,9-10H2,1-4H3/t13-,14-/m1/s1. The normalized spacial score (nSPS) is 21.2. The lowest BCUT2D eigenvalue weighted by Gasteiger charge is -2.20. The van der Waals surface area contributed by atoms with Crippen LogP contribution in [0.4, 0.5) is 0 Å². The summed E-state index contributed by atoms with van der Waals surface area (Å²) in [7, 11) is -3.06. The second kappa shape index (κ2) is 6.87. The molecule has 1 fully saturated rings. The lowest BCUT2D eigenvalue weighted by atomic mass is 10.0. The number of aryl methyl sites for hydroxylation is 2. The third-order valence-corrected chi connectivity index (χ3v) is 6.11. The first-order chi connectivity index (χ1) is 10.2. The minimum Gasteiger partial charge on any atom is -0.310 e. The van der Waals surface area contributed by atoms with Crippen LogP contribution in [0.3, 0.4) is 0 Å². The Bertz CT molecular complexity index is 646. The molecule has 0 saturated carbocycles. The molecule has 0 amide bonds. The lowest BCUT2D eigenvalue weighted by Crippen LogP contribution is -2.31. The van der Waals surface area contributed by atoms with Crippen molar-refractivity contribution >= 4 is 21.6 Å². The van der Waals surface area contributed by atoms with Crippen molar-refractivity contribution in [1.29, 1.82) is 0 Å². The van der Waals surface area contributed by atoms with E-state index >= 15 is 0 Å². The maximum atomic E-state index is 11.5. The predicted molar refractivity (Wildman–Crippen MR) is 91.9 cm³/mol. The summed E-state index contributed by atoms with van der Waals surface area (Å²) in [6, 6.07) is 4.29. The topological polar surface area (TPSA) is 49.4 Å². The molecule has 22 heavy (non-hydrogen) atoms. The SMILES string of the molecule is Cc1cc(Cl)c([C@@H](C)NC[C@H]2CCN(S(C)(=O)=O)C2)cc1C. The van der Waals surface area contributed by atoms with Gasteiger partial charge in [-0.1, -0.05) is 17.7 Å². The van der Waals surface area contributed by atoms with Gasteiger partial charge in [0.15, 0.2) is 0 Å². The van der Waals surface area contributed by atoms with E-state index in [2.05, 4.69) is 32.2 Å².